The van der Waals surface area contributed by atoms with Crippen molar-refractivity contribution in [3.05, 3.63) is 65.4 Å². The number of piperidine rings is 2. The SMILES string of the molecule is COC1CCC(O)(CN2CCC(CNC(=O)c3cc(Cl)c(C)n(C(C)C)c3=O)CC2)CC1.Cc1c(Cl)cc(C(=O)NCC2CCNCC2)c(=O)n1C(C)C. The van der Waals surface area contributed by atoms with Crippen LogP contribution in [0.5, 0.6) is 0 Å². The Kier molecular flexibility index (Phi) is 16.2. The first-order valence-corrected chi connectivity index (χ1v) is 20.4. The van der Waals surface area contributed by atoms with Crippen molar-refractivity contribution in [2.75, 3.05) is 52.9 Å². The van der Waals surface area contributed by atoms with E-state index >= 15 is 0 Å². The van der Waals surface area contributed by atoms with Crippen molar-refractivity contribution < 1.29 is 19.4 Å². The lowest BCUT2D eigenvalue weighted by molar-refractivity contribution is -0.0650. The van der Waals surface area contributed by atoms with Gasteiger partial charge < -0.3 is 39.8 Å². The molecular formula is C40H62Cl2N6O6. The quantitative estimate of drug-likeness (QED) is 0.241. The number of hydrogen-bond acceptors (Lipinski definition) is 8. The number of β-amino-alcohol motifs (C(OH)–C–C–N with tert-alkyl or cyclic N) is 1. The molecule has 0 unspecified atom stereocenters. The molecule has 0 bridgehead atoms. The van der Waals surface area contributed by atoms with Gasteiger partial charge in [0.2, 0.25) is 0 Å². The van der Waals surface area contributed by atoms with Crippen LogP contribution < -0.4 is 27.1 Å². The van der Waals surface area contributed by atoms with E-state index < -0.39 is 5.60 Å². The van der Waals surface area contributed by atoms with Crippen molar-refractivity contribution in [1.29, 1.82) is 0 Å². The smallest absolute Gasteiger partial charge is 0.263 e. The average Bonchev–Trinajstić information content (AvgIpc) is 3.14. The molecule has 0 radical (unpaired) electrons. The van der Waals surface area contributed by atoms with Crippen LogP contribution in [0.3, 0.4) is 0 Å². The van der Waals surface area contributed by atoms with Crippen LogP contribution in [-0.4, -0.2) is 95.6 Å². The molecule has 4 heterocycles. The second kappa shape index (κ2) is 19.9. The first-order chi connectivity index (χ1) is 25.5. The van der Waals surface area contributed by atoms with Crippen LogP contribution >= 0.6 is 23.2 Å². The molecule has 5 rings (SSSR count). The number of likely N-dealkylation sites (tertiary alicyclic amines) is 1. The van der Waals surface area contributed by atoms with Gasteiger partial charge in [0.05, 0.1) is 21.8 Å². The summed E-state index contributed by atoms with van der Waals surface area (Å²) in [7, 11) is 1.74. The minimum atomic E-state index is -0.614. The van der Waals surface area contributed by atoms with Gasteiger partial charge in [0, 0.05) is 50.2 Å². The van der Waals surface area contributed by atoms with E-state index in [9.17, 15) is 24.3 Å². The Balaban J connectivity index is 0.000000258. The van der Waals surface area contributed by atoms with E-state index in [1.165, 1.54) is 12.1 Å². The van der Waals surface area contributed by atoms with Crippen LogP contribution in [0.4, 0.5) is 0 Å². The van der Waals surface area contributed by atoms with E-state index in [-0.39, 0.29) is 52.2 Å². The van der Waals surface area contributed by atoms with E-state index in [2.05, 4.69) is 20.9 Å². The van der Waals surface area contributed by atoms with E-state index in [0.29, 0.717) is 52.9 Å². The number of carbonyl (C=O) groups excluding carboxylic acids is 2. The number of pyridine rings is 2. The normalized spacial score (nSPS) is 21.5. The number of nitrogens with zero attached hydrogens (tertiary/aromatic N) is 3. The average molecular weight is 794 g/mol. The standard InChI is InChI=1S/C24H38ClN3O4.C16H24ClN3O2/c1-16(2)28-17(3)21(25)13-20(23(28)30)22(29)26-14-18-7-11-27(12-8-18)15-24(31)9-5-19(32-4)6-10-24;1-10(2)20-11(3)14(17)8-13(16(20)22)15(21)19-9-12-4-6-18-7-5-12/h13,16,18-19,31H,5-12,14-15H2,1-4H3,(H,26,29);8,10,12,18H,4-7,9H2,1-3H3,(H,19,21). The molecule has 3 aliphatic rings. The highest BCUT2D eigenvalue weighted by Gasteiger charge is 2.36. The molecule has 4 N–H and O–H groups in total. The van der Waals surface area contributed by atoms with Gasteiger partial charge in [0.25, 0.3) is 22.9 Å². The second-order valence-electron chi connectivity index (χ2n) is 16.0. The number of hydrogen-bond donors (Lipinski definition) is 4. The Labute approximate surface area is 330 Å². The Hall–Kier alpha value is -2.74. The van der Waals surface area contributed by atoms with Gasteiger partial charge in [0.15, 0.2) is 0 Å². The number of aliphatic hydroxyl groups is 1. The summed E-state index contributed by atoms with van der Waals surface area (Å²) in [4.78, 5) is 52.7. The van der Waals surface area contributed by atoms with Gasteiger partial charge in [-0.1, -0.05) is 23.2 Å². The molecule has 2 aromatic rings. The highest BCUT2D eigenvalue weighted by molar-refractivity contribution is 6.31. The molecule has 3 fully saturated rings. The second-order valence-corrected chi connectivity index (χ2v) is 16.8. The van der Waals surface area contributed by atoms with E-state index in [1.807, 2.05) is 27.7 Å². The summed E-state index contributed by atoms with van der Waals surface area (Å²) >= 11 is 12.5. The molecule has 302 valence electrons. The molecule has 14 heteroatoms. The molecule has 2 aliphatic heterocycles. The molecule has 12 nitrogen and oxygen atoms in total. The zero-order valence-corrected chi connectivity index (χ0v) is 34.7. The third-order valence-electron chi connectivity index (χ3n) is 11.4. The zero-order chi connectivity index (χ0) is 39.7. The van der Waals surface area contributed by atoms with Gasteiger partial charge in [-0.05, 0) is 143 Å². The lowest BCUT2D eigenvalue weighted by atomic mass is 9.82. The molecule has 0 aromatic carbocycles. The minimum Gasteiger partial charge on any atom is -0.389 e. The largest absolute Gasteiger partial charge is 0.389 e. The number of ether oxygens (including phenoxy) is 1. The van der Waals surface area contributed by atoms with Crippen molar-refractivity contribution >= 4 is 35.0 Å². The van der Waals surface area contributed by atoms with Crippen LogP contribution in [-0.2, 0) is 4.74 Å². The highest BCUT2D eigenvalue weighted by Crippen LogP contribution is 2.31. The van der Waals surface area contributed by atoms with E-state index in [4.69, 9.17) is 27.9 Å². The Morgan fingerprint density at radius 2 is 1.24 bits per heavy atom. The number of amides is 2. The highest BCUT2D eigenvalue weighted by atomic mass is 35.5. The molecule has 1 aliphatic carbocycles. The summed E-state index contributed by atoms with van der Waals surface area (Å²) in [6, 6.07) is 2.85. The molecular weight excluding hydrogens is 731 g/mol. The predicted molar refractivity (Wildman–Crippen MR) is 215 cm³/mol. The first-order valence-electron chi connectivity index (χ1n) is 19.6. The fourth-order valence-electron chi connectivity index (χ4n) is 7.99. The Morgan fingerprint density at radius 1 is 0.815 bits per heavy atom. The molecule has 2 saturated heterocycles. The summed E-state index contributed by atoms with van der Waals surface area (Å²) in [6.45, 7) is 16.8. The zero-order valence-electron chi connectivity index (χ0n) is 33.2. The van der Waals surface area contributed by atoms with E-state index in [1.54, 1.807) is 30.1 Å². The lowest BCUT2D eigenvalue weighted by Gasteiger charge is -2.41. The molecule has 54 heavy (non-hydrogen) atoms. The number of nitrogens with one attached hydrogen (secondary N) is 3. The lowest BCUT2D eigenvalue weighted by Crippen LogP contribution is -2.49. The fourth-order valence-corrected chi connectivity index (χ4v) is 8.39. The molecule has 2 aromatic heterocycles. The number of halogens is 2. The predicted octanol–water partition coefficient (Wildman–Crippen LogP) is 5.27. The topological polar surface area (TPSA) is 147 Å². The monoisotopic (exact) mass is 792 g/mol. The summed E-state index contributed by atoms with van der Waals surface area (Å²) in [5.74, 6) is 0.138. The molecule has 0 atom stereocenters. The molecule has 1 saturated carbocycles. The number of rotatable bonds is 11. The summed E-state index contributed by atoms with van der Waals surface area (Å²) < 4.78 is 8.56. The van der Waals surface area contributed by atoms with Crippen LogP contribution in [0.2, 0.25) is 10.0 Å². The third-order valence-corrected chi connectivity index (χ3v) is 12.1. The van der Waals surface area contributed by atoms with Gasteiger partial charge in [-0.2, -0.15) is 0 Å². The summed E-state index contributed by atoms with van der Waals surface area (Å²) in [5.41, 5.74) is 0.394. The number of aromatic nitrogens is 2. The van der Waals surface area contributed by atoms with Gasteiger partial charge >= 0.3 is 0 Å². The van der Waals surface area contributed by atoms with Crippen molar-refractivity contribution in [3.63, 3.8) is 0 Å². The van der Waals surface area contributed by atoms with Gasteiger partial charge in [-0.15, -0.1) is 0 Å². The van der Waals surface area contributed by atoms with Crippen LogP contribution in [0.15, 0.2) is 21.7 Å². The molecule has 2 amide bonds. The first kappa shape index (κ1) is 44.0. The maximum Gasteiger partial charge on any atom is 0.263 e. The maximum atomic E-state index is 12.8. The van der Waals surface area contributed by atoms with Crippen LogP contribution in [0.25, 0.3) is 0 Å². The molecule has 0 spiro atoms. The summed E-state index contributed by atoms with van der Waals surface area (Å²) in [5, 5.41) is 20.9. The third kappa shape index (κ3) is 11.4. The van der Waals surface area contributed by atoms with E-state index in [0.717, 1.165) is 77.5 Å². The van der Waals surface area contributed by atoms with Crippen LogP contribution in [0.1, 0.15) is 123 Å². The van der Waals surface area contributed by atoms with Crippen LogP contribution in [0, 0.1) is 25.7 Å². The van der Waals surface area contributed by atoms with Crippen molar-refractivity contribution in [2.24, 2.45) is 11.8 Å². The van der Waals surface area contributed by atoms with Crippen molar-refractivity contribution in [3.8, 4) is 0 Å². The Bertz CT molecular complexity index is 1700. The fraction of sp³-hybridized carbons (Fsp3) is 0.700. The van der Waals surface area contributed by atoms with Crippen molar-refractivity contribution in [1.82, 2.24) is 30.0 Å². The number of methoxy groups -OCH3 is 1. The minimum absolute atomic E-state index is 0.0397. The maximum absolute atomic E-state index is 12.8. The van der Waals surface area contributed by atoms with Gasteiger partial charge in [-0.3, -0.25) is 19.2 Å². The summed E-state index contributed by atoms with van der Waals surface area (Å²) in [6.07, 6.45) is 7.69. The van der Waals surface area contributed by atoms with Gasteiger partial charge in [0.1, 0.15) is 11.1 Å². The number of carbonyl (C=O) groups is 2. The Morgan fingerprint density at radius 3 is 1.65 bits per heavy atom. The van der Waals surface area contributed by atoms with Gasteiger partial charge in [-0.25, -0.2) is 0 Å². The van der Waals surface area contributed by atoms with Crippen molar-refractivity contribution in [2.45, 2.75) is 117 Å².